The topological polar surface area (TPSA) is 94.0 Å². The molecule has 0 spiro atoms. The molecule has 4 aromatic rings. The average molecular weight is 439 g/mol. The number of amides is 1. The van der Waals surface area contributed by atoms with Gasteiger partial charge in [-0.25, -0.2) is 18.1 Å². The van der Waals surface area contributed by atoms with Crippen LogP contribution in [0.5, 0.6) is 0 Å². The van der Waals surface area contributed by atoms with Crippen LogP contribution in [0, 0.1) is 0 Å². The van der Waals surface area contributed by atoms with Gasteiger partial charge in [0.2, 0.25) is 0 Å². The number of rotatable bonds is 6. The molecule has 30 heavy (non-hydrogen) atoms. The number of para-hydroxylation sites is 1. The zero-order valence-corrected chi connectivity index (χ0v) is 17.7. The van der Waals surface area contributed by atoms with Crippen LogP contribution in [0.3, 0.4) is 0 Å². The van der Waals surface area contributed by atoms with E-state index in [4.69, 9.17) is 0 Å². The van der Waals surface area contributed by atoms with Gasteiger partial charge in [0.15, 0.2) is 9.84 Å². The number of carbonyl (C=O) groups is 1. The summed E-state index contributed by atoms with van der Waals surface area (Å²) in [5, 5.41) is 9.58. The van der Waals surface area contributed by atoms with Crippen LogP contribution in [0.4, 0.5) is 0 Å². The predicted molar refractivity (Wildman–Crippen MR) is 115 cm³/mol. The fourth-order valence-corrected chi connectivity index (χ4v) is 4.20. The maximum Gasteiger partial charge on any atom is 0.271 e. The molecule has 2 aromatic carbocycles. The fraction of sp³-hybridized carbons (Fsp3) is 0.0952. The third-order valence-electron chi connectivity index (χ3n) is 4.39. The molecule has 0 radical (unpaired) electrons. The van der Waals surface area contributed by atoms with Gasteiger partial charge in [-0.3, -0.25) is 4.79 Å². The van der Waals surface area contributed by atoms with Crippen molar-refractivity contribution in [3.63, 3.8) is 0 Å². The second kappa shape index (κ2) is 8.21. The van der Waals surface area contributed by atoms with Crippen molar-refractivity contribution in [3.05, 3.63) is 83.6 Å². The van der Waals surface area contributed by atoms with Crippen molar-refractivity contribution < 1.29 is 13.2 Å². The molecule has 0 fully saturated rings. The number of benzene rings is 2. The molecular weight excluding hydrogens is 420 g/mol. The molecule has 4 rings (SSSR count). The molecule has 1 N–H and O–H groups in total. The van der Waals surface area contributed by atoms with E-state index in [1.54, 1.807) is 28.4 Å². The summed E-state index contributed by atoms with van der Waals surface area (Å²) in [5.74, 6) is -0.292. The summed E-state index contributed by atoms with van der Waals surface area (Å²) in [6.07, 6.45) is 4.75. The van der Waals surface area contributed by atoms with Crippen LogP contribution in [-0.2, 0) is 16.4 Å². The van der Waals surface area contributed by atoms with Crippen molar-refractivity contribution in [2.24, 2.45) is 0 Å². The van der Waals surface area contributed by atoms with Gasteiger partial charge in [-0.2, -0.15) is 5.10 Å². The molecule has 2 aromatic heterocycles. The Morgan fingerprint density at radius 2 is 1.83 bits per heavy atom. The van der Waals surface area contributed by atoms with Crippen LogP contribution < -0.4 is 5.32 Å². The van der Waals surface area contributed by atoms with Crippen molar-refractivity contribution in [3.8, 4) is 16.3 Å². The van der Waals surface area contributed by atoms with E-state index in [1.807, 2.05) is 36.5 Å². The minimum Gasteiger partial charge on any atom is -0.347 e. The molecule has 7 nitrogen and oxygen atoms in total. The highest BCUT2D eigenvalue weighted by Crippen LogP contribution is 2.24. The minimum absolute atomic E-state index is 0.248. The lowest BCUT2D eigenvalue weighted by molar-refractivity contribution is 0.0946. The summed E-state index contributed by atoms with van der Waals surface area (Å²) in [6.45, 7) is 0.279. The molecule has 0 saturated heterocycles. The highest BCUT2D eigenvalue weighted by Gasteiger charge is 2.13. The Morgan fingerprint density at radius 1 is 1.10 bits per heavy atom. The molecule has 2 heterocycles. The Hall–Kier alpha value is -3.30. The van der Waals surface area contributed by atoms with E-state index in [1.165, 1.54) is 23.5 Å². The lowest BCUT2D eigenvalue weighted by atomic mass is 10.2. The smallest absolute Gasteiger partial charge is 0.271 e. The normalized spacial score (nSPS) is 11.4. The number of aromatic nitrogens is 3. The van der Waals surface area contributed by atoms with Gasteiger partial charge in [0, 0.05) is 29.9 Å². The Balaban J connectivity index is 1.41. The van der Waals surface area contributed by atoms with Crippen molar-refractivity contribution in [1.82, 2.24) is 20.1 Å². The number of sulfone groups is 1. The number of thiazole rings is 1. The molecule has 0 bridgehead atoms. The number of nitrogens with one attached hydrogen (secondary N) is 1. The van der Waals surface area contributed by atoms with E-state index in [0.717, 1.165) is 23.1 Å². The van der Waals surface area contributed by atoms with Gasteiger partial charge >= 0.3 is 0 Å². The first kappa shape index (κ1) is 20.0. The van der Waals surface area contributed by atoms with Gasteiger partial charge in [0.1, 0.15) is 10.7 Å². The summed E-state index contributed by atoms with van der Waals surface area (Å²) in [7, 11) is -3.24. The Kier molecular flexibility index (Phi) is 5.47. The summed E-state index contributed by atoms with van der Waals surface area (Å²) in [4.78, 5) is 17.1. The standard InChI is InChI=1S/C21H18N4O3S2/c1-30(27,28)18-9-7-15(8-10-18)11-22-20(26)19-14-29-21(24-19)16-12-23-25(13-16)17-5-3-2-4-6-17/h2-10,12-14H,11H2,1H3,(H,22,26). The maximum absolute atomic E-state index is 12.4. The van der Waals surface area contributed by atoms with Gasteiger partial charge in [-0.05, 0) is 29.8 Å². The van der Waals surface area contributed by atoms with Crippen molar-refractivity contribution >= 4 is 27.1 Å². The summed E-state index contributed by atoms with van der Waals surface area (Å²) in [5.41, 5.74) is 2.91. The summed E-state index contributed by atoms with van der Waals surface area (Å²) < 4.78 is 24.8. The first-order chi connectivity index (χ1) is 14.4. The predicted octanol–water partition coefficient (Wildman–Crippen LogP) is 3.33. The number of nitrogens with zero attached hydrogens (tertiary/aromatic N) is 3. The SMILES string of the molecule is CS(=O)(=O)c1ccc(CNC(=O)c2csc(-c3cnn(-c4ccccc4)c3)n2)cc1. The molecule has 0 atom stereocenters. The molecule has 0 unspecified atom stereocenters. The Morgan fingerprint density at radius 3 is 2.53 bits per heavy atom. The number of carbonyl (C=O) groups excluding carboxylic acids is 1. The summed E-state index contributed by atoms with van der Waals surface area (Å²) in [6, 6.07) is 16.2. The van der Waals surface area contributed by atoms with Gasteiger partial charge in [-0.1, -0.05) is 30.3 Å². The average Bonchev–Trinajstić information content (AvgIpc) is 3.42. The van der Waals surface area contributed by atoms with Crippen molar-refractivity contribution in [2.45, 2.75) is 11.4 Å². The van der Waals surface area contributed by atoms with Crippen molar-refractivity contribution in [2.75, 3.05) is 6.26 Å². The van der Waals surface area contributed by atoms with Crippen LogP contribution in [0.25, 0.3) is 16.3 Å². The van der Waals surface area contributed by atoms with Crippen LogP contribution in [0.1, 0.15) is 16.1 Å². The first-order valence-corrected chi connectivity index (χ1v) is 11.8. The number of hydrogen-bond acceptors (Lipinski definition) is 6. The summed E-state index contributed by atoms with van der Waals surface area (Å²) >= 11 is 1.37. The molecule has 0 aliphatic heterocycles. The first-order valence-electron chi connectivity index (χ1n) is 9.03. The van der Waals surface area contributed by atoms with Gasteiger partial charge < -0.3 is 5.32 Å². The molecule has 1 amide bonds. The van der Waals surface area contributed by atoms with Crippen LogP contribution in [-0.4, -0.2) is 35.3 Å². The van der Waals surface area contributed by atoms with E-state index in [0.29, 0.717) is 10.7 Å². The second-order valence-corrected chi connectivity index (χ2v) is 9.52. The fourth-order valence-electron chi connectivity index (χ4n) is 2.79. The molecule has 152 valence electrons. The molecule has 0 aliphatic carbocycles. The maximum atomic E-state index is 12.4. The van der Waals surface area contributed by atoms with Gasteiger partial charge in [0.05, 0.1) is 16.8 Å². The van der Waals surface area contributed by atoms with E-state index in [9.17, 15) is 13.2 Å². The van der Waals surface area contributed by atoms with Crippen molar-refractivity contribution in [1.29, 1.82) is 0 Å². The minimum atomic E-state index is -3.24. The van der Waals surface area contributed by atoms with Gasteiger partial charge in [0.25, 0.3) is 5.91 Å². The van der Waals surface area contributed by atoms with E-state index in [2.05, 4.69) is 15.4 Å². The lowest BCUT2D eigenvalue weighted by Gasteiger charge is -2.04. The van der Waals surface area contributed by atoms with Crippen LogP contribution in [0.15, 0.2) is 77.3 Å². The third kappa shape index (κ3) is 4.47. The van der Waals surface area contributed by atoms with Crippen LogP contribution in [0.2, 0.25) is 0 Å². The second-order valence-electron chi connectivity index (χ2n) is 6.65. The van der Waals surface area contributed by atoms with E-state index in [-0.39, 0.29) is 17.3 Å². The largest absolute Gasteiger partial charge is 0.347 e. The Bertz CT molecular complexity index is 1280. The molecule has 0 aliphatic rings. The van der Waals surface area contributed by atoms with Gasteiger partial charge in [-0.15, -0.1) is 11.3 Å². The van der Waals surface area contributed by atoms with E-state index < -0.39 is 9.84 Å². The third-order valence-corrected chi connectivity index (χ3v) is 6.41. The van der Waals surface area contributed by atoms with E-state index >= 15 is 0 Å². The highest BCUT2D eigenvalue weighted by atomic mass is 32.2. The number of hydrogen-bond donors (Lipinski definition) is 1. The lowest BCUT2D eigenvalue weighted by Crippen LogP contribution is -2.23. The van der Waals surface area contributed by atoms with Crippen LogP contribution >= 0.6 is 11.3 Å². The zero-order chi connectivity index (χ0) is 21.1. The zero-order valence-electron chi connectivity index (χ0n) is 16.0. The highest BCUT2D eigenvalue weighted by molar-refractivity contribution is 7.90. The monoisotopic (exact) mass is 438 g/mol. The molecular formula is C21H18N4O3S2. The molecule has 0 saturated carbocycles. The molecule has 9 heteroatoms. The Labute approximate surface area is 178 Å². The quantitative estimate of drug-likeness (QED) is 0.498.